The average Bonchev–Trinajstić information content (AvgIpc) is 2.52. The van der Waals surface area contributed by atoms with E-state index in [1.165, 1.54) is 12.1 Å². The van der Waals surface area contributed by atoms with Gasteiger partial charge in [0, 0.05) is 18.9 Å². The molecule has 1 aromatic rings. The van der Waals surface area contributed by atoms with E-state index < -0.39 is 0 Å². The topological polar surface area (TPSA) is 29.1 Å². The Bertz CT molecular complexity index is 337. The van der Waals surface area contributed by atoms with E-state index in [1.807, 2.05) is 6.07 Å². The van der Waals surface area contributed by atoms with E-state index in [9.17, 15) is 9.18 Å². The summed E-state index contributed by atoms with van der Waals surface area (Å²) in [5.41, 5.74) is 0.901. The van der Waals surface area contributed by atoms with Crippen LogP contribution in [-0.2, 0) is 4.79 Å². The standard InChI is InChI=1S/C10H10FNO/c11-9-3-1-2-7(4-9)8-5-10(13)12-6-8/h1-4,8H,5-6H2,(H,12,13)/t8-/m1/s1. The van der Waals surface area contributed by atoms with Gasteiger partial charge in [-0.3, -0.25) is 4.79 Å². The lowest BCUT2D eigenvalue weighted by molar-refractivity contribution is -0.119. The Balaban J connectivity index is 2.21. The van der Waals surface area contributed by atoms with E-state index in [4.69, 9.17) is 0 Å². The Morgan fingerprint density at radius 2 is 2.31 bits per heavy atom. The normalized spacial score (nSPS) is 21.6. The number of carbonyl (C=O) groups is 1. The van der Waals surface area contributed by atoms with Crippen molar-refractivity contribution >= 4 is 5.91 Å². The van der Waals surface area contributed by atoms with Crippen LogP contribution < -0.4 is 5.32 Å². The number of carbonyl (C=O) groups excluding carboxylic acids is 1. The highest BCUT2D eigenvalue weighted by atomic mass is 19.1. The first-order chi connectivity index (χ1) is 6.25. The van der Waals surface area contributed by atoms with E-state index in [-0.39, 0.29) is 17.6 Å². The van der Waals surface area contributed by atoms with Crippen LogP contribution >= 0.6 is 0 Å². The molecule has 2 rings (SSSR count). The fourth-order valence-corrected chi connectivity index (χ4v) is 1.60. The van der Waals surface area contributed by atoms with Gasteiger partial charge in [-0.15, -0.1) is 0 Å². The van der Waals surface area contributed by atoms with E-state index in [1.54, 1.807) is 6.07 Å². The Kier molecular flexibility index (Phi) is 2.00. The van der Waals surface area contributed by atoms with Gasteiger partial charge in [-0.05, 0) is 17.7 Å². The van der Waals surface area contributed by atoms with Crippen LogP contribution in [-0.4, -0.2) is 12.5 Å². The molecule has 0 radical (unpaired) electrons. The molecular weight excluding hydrogens is 169 g/mol. The van der Waals surface area contributed by atoms with Gasteiger partial charge in [0.25, 0.3) is 0 Å². The summed E-state index contributed by atoms with van der Waals surface area (Å²) in [6.07, 6.45) is 0.476. The van der Waals surface area contributed by atoms with Crippen LogP contribution in [0.15, 0.2) is 24.3 Å². The number of halogens is 1. The Morgan fingerprint density at radius 3 is 2.92 bits per heavy atom. The van der Waals surface area contributed by atoms with Crippen molar-refractivity contribution in [3.63, 3.8) is 0 Å². The largest absolute Gasteiger partial charge is 0.355 e. The number of amides is 1. The monoisotopic (exact) mass is 179 g/mol. The maximum Gasteiger partial charge on any atom is 0.220 e. The Hall–Kier alpha value is -1.38. The number of rotatable bonds is 1. The summed E-state index contributed by atoms with van der Waals surface area (Å²) < 4.78 is 12.8. The molecule has 68 valence electrons. The third-order valence-corrected chi connectivity index (χ3v) is 2.30. The molecule has 0 aromatic heterocycles. The highest BCUT2D eigenvalue weighted by Gasteiger charge is 2.22. The lowest BCUT2D eigenvalue weighted by Crippen LogP contribution is -2.13. The van der Waals surface area contributed by atoms with Crippen molar-refractivity contribution in [2.24, 2.45) is 0 Å². The molecule has 1 amide bonds. The van der Waals surface area contributed by atoms with Crippen molar-refractivity contribution in [3.8, 4) is 0 Å². The molecule has 0 saturated carbocycles. The third-order valence-electron chi connectivity index (χ3n) is 2.30. The fraction of sp³-hybridized carbons (Fsp3) is 0.300. The molecule has 1 aliphatic rings. The first-order valence-corrected chi connectivity index (χ1v) is 4.28. The van der Waals surface area contributed by atoms with Crippen LogP contribution in [0.1, 0.15) is 17.9 Å². The summed E-state index contributed by atoms with van der Waals surface area (Å²) >= 11 is 0. The van der Waals surface area contributed by atoms with Crippen LogP contribution in [0.3, 0.4) is 0 Å². The number of benzene rings is 1. The van der Waals surface area contributed by atoms with Crippen molar-refractivity contribution in [3.05, 3.63) is 35.6 Å². The smallest absolute Gasteiger partial charge is 0.220 e. The van der Waals surface area contributed by atoms with Gasteiger partial charge in [0.1, 0.15) is 5.82 Å². The van der Waals surface area contributed by atoms with Crippen molar-refractivity contribution in [2.45, 2.75) is 12.3 Å². The molecule has 1 fully saturated rings. The molecule has 1 N–H and O–H groups in total. The van der Waals surface area contributed by atoms with Gasteiger partial charge >= 0.3 is 0 Å². The van der Waals surface area contributed by atoms with Gasteiger partial charge in [0.05, 0.1) is 0 Å². The van der Waals surface area contributed by atoms with Gasteiger partial charge in [-0.2, -0.15) is 0 Å². The second-order valence-electron chi connectivity index (χ2n) is 3.26. The lowest BCUT2D eigenvalue weighted by Gasteiger charge is -2.06. The first-order valence-electron chi connectivity index (χ1n) is 4.28. The maximum atomic E-state index is 12.8. The highest BCUT2D eigenvalue weighted by Crippen LogP contribution is 2.22. The lowest BCUT2D eigenvalue weighted by atomic mass is 9.98. The molecule has 1 saturated heterocycles. The molecule has 0 aliphatic carbocycles. The zero-order chi connectivity index (χ0) is 9.26. The summed E-state index contributed by atoms with van der Waals surface area (Å²) in [6, 6.07) is 6.43. The maximum absolute atomic E-state index is 12.8. The minimum Gasteiger partial charge on any atom is -0.355 e. The predicted molar refractivity (Wildman–Crippen MR) is 46.8 cm³/mol. The van der Waals surface area contributed by atoms with Gasteiger partial charge in [-0.25, -0.2) is 4.39 Å². The number of nitrogens with one attached hydrogen (secondary N) is 1. The van der Waals surface area contributed by atoms with Crippen LogP contribution in [0, 0.1) is 5.82 Å². The minimum absolute atomic E-state index is 0.0502. The SMILES string of the molecule is O=C1C[C@@H](c2cccc(F)c2)CN1. The van der Waals surface area contributed by atoms with Gasteiger partial charge in [0.2, 0.25) is 5.91 Å². The number of hydrogen-bond acceptors (Lipinski definition) is 1. The van der Waals surface area contributed by atoms with E-state index in [2.05, 4.69) is 5.32 Å². The predicted octanol–water partition coefficient (Wildman–Crippen LogP) is 1.43. The zero-order valence-corrected chi connectivity index (χ0v) is 7.09. The molecular formula is C10H10FNO. The summed E-state index contributed by atoms with van der Waals surface area (Å²) in [5.74, 6) is -0.0469. The van der Waals surface area contributed by atoms with E-state index >= 15 is 0 Å². The molecule has 1 heterocycles. The molecule has 3 heteroatoms. The van der Waals surface area contributed by atoms with Crippen molar-refractivity contribution in [1.82, 2.24) is 5.32 Å². The van der Waals surface area contributed by atoms with Crippen LogP contribution in [0.25, 0.3) is 0 Å². The molecule has 0 bridgehead atoms. The van der Waals surface area contributed by atoms with E-state index in [0.717, 1.165) is 5.56 Å². The van der Waals surface area contributed by atoms with Crippen molar-refractivity contribution in [2.75, 3.05) is 6.54 Å². The number of hydrogen-bond donors (Lipinski definition) is 1. The molecule has 1 atom stereocenters. The van der Waals surface area contributed by atoms with Gasteiger partial charge in [-0.1, -0.05) is 12.1 Å². The van der Waals surface area contributed by atoms with E-state index in [0.29, 0.717) is 13.0 Å². The van der Waals surface area contributed by atoms with Crippen LogP contribution in [0.2, 0.25) is 0 Å². The summed E-state index contributed by atoms with van der Waals surface area (Å²) in [6.45, 7) is 0.627. The second kappa shape index (κ2) is 3.17. The molecule has 1 aromatic carbocycles. The molecule has 0 unspecified atom stereocenters. The summed E-state index contributed by atoms with van der Waals surface area (Å²) in [4.78, 5) is 10.9. The van der Waals surface area contributed by atoms with Crippen LogP contribution in [0.4, 0.5) is 4.39 Å². The minimum atomic E-state index is -0.239. The van der Waals surface area contributed by atoms with Crippen molar-refractivity contribution in [1.29, 1.82) is 0 Å². The molecule has 0 spiro atoms. The first kappa shape index (κ1) is 8.23. The van der Waals surface area contributed by atoms with Crippen LogP contribution in [0.5, 0.6) is 0 Å². The molecule has 1 aliphatic heterocycles. The van der Waals surface area contributed by atoms with Crippen molar-refractivity contribution < 1.29 is 9.18 Å². The third kappa shape index (κ3) is 1.69. The zero-order valence-electron chi connectivity index (χ0n) is 7.09. The Morgan fingerprint density at radius 1 is 1.46 bits per heavy atom. The average molecular weight is 179 g/mol. The Labute approximate surface area is 75.8 Å². The second-order valence-corrected chi connectivity index (χ2v) is 3.26. The summed E-state index contributed by atoms with van der Waals surface area (Å²) in [5, 5.41) is 2.73. The molecule has 2 nitrogen and oxygen atoms in total. The molecule has 13 heavy (non-hydrogen) atoms. The van der Waals surface area contributed by atoms with Gasteiger partial charge in [0.15, 0.2) is 0 Å². The highest BCUT2D eigenvalue weighted by molar-refractivity contribution is 5.79. The quantitative estimate of drug-likeness (QED) is 0.694. The van der Waals surface area contributed by atoms with Gasteiger partial charge < -0.3 is 5.32 Å². The summed E-state index contributed by atoms with van der Waals surface area (Å²) in [7, 11) is 0. The fourth-order valence-electron chi connectivity index (χ4n) is 1.60.